The van der Waals surface area contributed by atoms with Crippen molar-refractivity contribution in [2.75, 3.05) is 13.1 Å². The second kappa shape index (κ2) is 7.70. The summed E-state index contributed by atoms with van der Waals surface area (Å²) in [6.07, 6.45) is 1.34. The number of piperidine rings is 1. The van der Waals surface area contributed by atoms with Gasteiger partial charge in [0.25, 0.3) is 5.91 Å². The fourth-order valence-electron chi connectivity index (χ4n) is 3.44. The van der Waals surface area contributed by atoms with Crippen molar-refractivity contribution in [1.82, 2.24) is 4.90 Å². The molecule has 0 aromatic heterocycles. The summed E-state index contributed by atoms with van der Waals surface area (Å²) in [5.74, 6) is -2.23. The van der Waals surface area contributed by atoms with Crippen LogP contribution in [0.15, 0.2) is 42.5 Å². The average Bonchev–Trinajstić information content (AvgIpc) is 2.67. The van der Waals surface area contributed by atoms with Gasteiger partial charge in [-0.25, -0.2) is 9.18 Å². The van der Waals surface area contributed by atoms with Crippen molar-refractivity contribution in [1.29, 1.82) is 0 Å². The Bertz CT molecular complexity index is 892. The molecule has 0 aliphatic carbocycles. The highest BCUT2D eigenvalue weighted by molar-refractivity contribution is 6.00. The van der Waals surface area contributed by atoms with Crippen LogP contribution < -0.4 is 0 Å². The van der Waals surface area contributed by atoms with Crippen LogP contribution in [-0.2, 0) is 0 Å². The van der Waals surface area contributed by atoms with Gasteiger partial charge in [0.2, 0.25) is 0 Å². The minimum atomic E-state index is -1.09. The monoisotopic (exact) mass is 369 g/mol. The van der Waals surface area contributed by atoms with Crippen LogP contribution in [0.4, 0.5) is 4.39 Å². The highest BCUT2D eigenvalue weighted by Crippen LogP contribution is 2.23. The molecular formula is C21H20FNO4. The first-order valence-corrected chi connectivity index (χ1v) is 8.79. The summed E-state index contributed by atoms with van der Waals surface area (Å²) in [4.78, 5) is 38.3. The molecule has 1 saturated heterocycles. The summed E-state index contributed by atoms with van der Waals surface area (Å²) in [7, 11) is 0. The third-order valence-electron chi connectivity index (χ3n) is 4.78. The van der Waals surface area contributed by atoms with Crippen LogP contribution in [0.2, 0.25) is 0 Å². The molecule has 0 saturated carbocycles. The molecule has 6 heteroatoms. The molecular weight excluding hydrogens is 349 g/mol. The lowest BCUT2D eigenvalue weighted by atomic mass is 9.89. The lowest BCUT2D eigenvalue weighted by Gasteiger charge is -2.32. The maximum Gasteiger partial charge on any atom is 0.335 e. The van der Waals surface area contributed by atoms with E-state index in [4.69, 9.17) is 0 Å². The van der Waals surface area contributed by atoms with E-state index in [2.05, 4.69) is 0 Å². The van der Waals surface area contributed by atoms with Gasteiger partial charge in [0.1, 0.15) is 5.82 Å². The summed E-state index contributed by atoms with van der Waals surface area (Å²) >= 11 is 0. The minimum Gasteiger partial charge on any atom is -0.478 e. The average molecular weight is 369 g/mol. The molecule has 2 aromatic rings. The molecule has 0 radical (unpaired) electrons. The Balaban J connectivity index is 1.78. The van der Waals surface area contributed by atoms with Gasteiger partial charge in [-0.1, -0.05) is 0 Å². The maximum absolute atomic E-state index is 13.1. The first kappa shape index (κ1) is 18.8. The zero-order valence-electron chi connectivity index (χ0n) is 14.9. The summed E-state index contributed by atoms with van der Waals surface area (Å²) in [5.41, 5.74) is 1.49. The van der Waals surface area contributed by atoms with Gasteiger partial charge in [0, 0.05) is 30.1 Å². The number of carboxylic acids is 1. The Hall–Kier alpha value is -3.02. The van der Waals surface area contributed by atoms with Crippen LogP contribution in [-0.4, -0.2) is 40.8 Å². The van der Waals surface area contributed by atoms with Crippen molar-refractivity contribution in [3.63, 3.8) is 0 Å². The second-order valence-electron chi connectivity index (χ2n) is 6.85. The number of likely N-dealkylation sites (tertiary alicyclic amines) is 1. The summed E-state index contributed by atoms with van der Waals surface area (Å²) < 4.78 is 13.1. The molecule has 1 aliphatic heterocycles. The number of aryl methyl sites for hydroxylation is 1. The van der Waals surface area contributed by atoms with Crippen molar-refractivity contribution in [3.05, 3.63) is 70.5 Å². The normalized spacial score (nSPS) is 16.8. The third-order valence-corrected chi connectivity index (χ3v) is 4.78. The van der Waals surface area contributed by atoms with E-state index in [0.29, 0.717) is 36.1 Å². The molecule has 1 atom stereocenters. The molecule has 1 aliphatic rings. The van der Waals surface area contributed by atoms with Crippen LogP contribution in [0, 0.1) is 18.7 Å². The van der Waals surface area contributed by atoms with E-state index in [9.17, 15) is 23.9 Å². The van der Waals surface area contributed by atoms with Crippen molar-refractivity contribution in [2.45, 2.75) is 19.8 Å². The number of hydrogen-bond acceptors (Lipinski definition) is 3. The smallest absolute Gasteiger partial charge is 0.335 e. The molecule has 1 heterocycles. The molecule has 0 bridgehead atoms. The molecule has 0 spiro atoms. The van der Waals surface area contributed by atoms with Crippen molar-refractivity contribution in [2.24, 2.45) is 5.92 Å². The lowest BCUT2D eigenvalue weighted by molar-refractivity contribution is 0.0636. The number of nitrogens with zero attached hydrogens (tertiary/aromatic N) is 1. The second-order valence-corrected chi connectivity index (χ2v) is 6.85. The SMILES string of the molecule is Cc1cc(C(=O)O)cc(C(=O)N2CCCC(C(=O)c3ccc(F)cc3)C2)c1. The van der Waals surface area contributed by atoms with Crippen molar-refractivity contribution in [3.8, 4) is 0 Å². The van der Waals surface area contributed by atoms with Gasteiger partial charge in [-0.15, -0.1) is 0 Å². The van der Waals surface area contributed by atoms with Crippen LogP contribution in [0.25, 0.3) is 0 Å². The van der Waals surface area contributed by atoms with Gasteiger partial charge < -0.3 is 10.0 Å². The fraction of sp³-hybridized carbons (Fsp3) is 0.286. The molecule has 3 rings (SSSR count). The Kier molecular flexibility index (Phi) is 5.35. The van der Waals surface area contributed by atoms with Crippen LogP contribution in [0.1, 0.15) is 49.5 Å². The van der Waals surface area contributed by atoms with E-state index >= 15 is 0 Å². The predicted octanol–water partition coefficient (Wildman–Crippen LogP) is 3.57. The Morgan fingerprint density at radius 1 is 1.04 bits per heavy atom. The number of Topliss-reactive ketones (excluding diaryl/α,β-unsaturated/α-hetero) is 1. The van der Waals surface area contributed by atoms with E-state index < -0.39 is 11.8 Å². The number of aromatic carboxylic acids is 1. The number of carbonyl (C=O) groups excluding carboxylic acids is 2. The van der Waals surface area contributed by atoms with Gasteiger partial charge in [-0.2, -0.15) is 0 Å². The Morgan fingerprint density at radius 3 is 2.37 bits per heavy atom. The van der Waals surface area contributed by atoms with E-state index in [1.807, 2.05) is 0 Å². The molecule has 1 fully saturated rings. The Morgan fingerprint density at radius 2 is 1.70 bits per heavy atom. The number of carboxylic acid groups (broad SMARTS) is 1. The van der Waals surface area contributed by atoms with E-state index in [1.54, 1.807) is 17.9 Å². The van der Waals surface area contributed by atoms with Crippen LogP contribution in [0.5, 0.6) is 0 Å². The third kappa shape index (κ3) is 4.22. The zero-order valence-corrected chi connectivity index (χ0v) is 14.9. The fourth-order valence-corrected chi connectivity index (χ4v) is 3.44. The predicted molar refractivity (Wildman–Crippen MR) is 97.5 cm³/mol. The van der Waals surface area contributed by atoms with E-state index in [-0.39, 0.29) is 29.7 Å². The first-order chi connectivity index (χ1) is 12.8. The number of benzene rings is 2. The number of halogens is 1. The number of hydrogen-bond donors (Lipinski definition) is 1. The number of carbonyl (C=O) groups is 3. The molecule has 27 heavy (non-hydrogen) atoms. The van der Waals surface area contributed by atoms with Gasteiger partial charge in [0.15, 0.2) is 5.78 Å². The minimum absolute atomic E-state index is 0.0642. The zero-order chi connectivity index (χ0) is 19.6. The number of amides is 1. The molecule has 140 valence electrons. The van der Waals surface area contributed by atoms with Gasteiger partial charge in [0.05, 0.1) is 5.56 Å². The Labute approximate surface area is 156 Å². The van der Waals surface area contributed by atoms with Gasteiger partial charge >= 0.3 is 5.97 Å². The molecule has 1 N–H and O–H groups in total. The highest BCUT2D eigenvalue weighted by Gasteiger charge is 2.29. The van der Waals surface area contributed by atoms with Crippen LogP contribution in [0.3, 0.4) is 0 Å². The summed E-state index contributed by atoms with van der Waals surface area (Å²) in [5, 5.41) is 9.19. The number of rotatable bonds is 4. The molecule has 2 aromatic carbocycles. The van der Waals surface area contributed by atoms with Crippen LogP contribution >= 0.6 is 0 Å². The molecule has 1 unspecified atom stereocenters. The largest absolute Gasteiger partial charge is 0.478 e. The first-order valence-electron chi connectivity index (χ1n) is 8.79. The molecule has 5 nitrogen and oxygen atoms in total. The summed E-state index contributed by atoms with van der Waals surface area (Å²) in [6, 6.07) is 9.94. The summed E-state index contributed by atoms with van der Waals surface area (Å²) in [6.45, 7) is 2.52. The molecule has 1 amide bonds. The van der Waals surface area contributed by atoms with Crippen molar-refractivity contribution >= 4 is 17.7 Å². The maximum atomic E-state index is 13.1. The quantitative estimate of drug-likeness (QED) is 0.836. The standard InChI is InChI=1S/C21H20FNO4/c1-13-9-16(11-17(10-13)21(26)27)20(25)23-8-2-3-15(12-23)19(24)14-4-6-18(22)7-5-14/h4-7,9-11,15H,2-3,8,12H2,1H3,(H,26,27). The van der Waals surface area contributed by atoms with Crippen molar-refractivity contribution < 1.29 is 23.9 Å². The van der Waals surface area contributed by atoms with E-state index in [0.717, 1.165) is 0 Å². The number of ketones is 1. The van der Waals surface area contributed by atoms with E-state index in [1.165, 1.54) is 36.4 Å². The topological polar surface area (TPSA) is 74.7 Å². The lowest BCUT2D eigenvalue weighted by Crippen LogP contribution is -2.42. The highest BCUT2D eigenvalue weighted by atomic mass is 19.1. The van der Waals surface area contributed by atoms with Gasteiger partial charge in [-0.05, 0) is 67.8 Å². The van der Waals surface area contributed by atoms with Gasteiger partial charge in [-0.3, -0.25) is 9.59 Å².